The van der Waals surface area contributed by atoms with Crippen molar-refractivity contribution in [3.8, 4) is 0 Å². The maximum Gasteiger partial charge on any atom is 0.268 e. The normalized spacial score (nSPS) is 17.5. The number of hydrogen-bond acceptors (Lipinski definition) is 2. The number of amides is 2. The molecular formula is C21H19N3O2. The minimum Gasteiger partial charge on any atom is -0.350 e. The van der Waals surface area contributed by atoms with Crippen molar-refractivity contribution >= 4 is 28.4 Å². The summed E-state index contributed by atoms with van der Waals surface area (Å²) in [5.74, 6) is -0.194. The lowest BCUT2D eigenvalue weighted by Crippen LogP contribution is -2.50. The van der Waals surface area contributed by atoms with Gasteiger partial charge < -0.3 is 15.6 Å². The highest BCUT2D eigenvalue weighted by atomic mass is 16.2. The second kappa shape index (κ2) is 5.46. The van der Waals surface area contributed by atoms with Crippen LogP contribution >= 0.6 is 0 Å². The van der Waals surface area contributed by atoms with E-state index < -0.39 is 0 Å². The number of aromatic nitrogens is 1. The highest BCUT2D eigenvalue weighted by Gasteiger charge is 2.46. The van der Waals surface area contributed by atoms with E-state index in [1.807, 2.05) is 42.5 Å². The van der Waals surface area contributed by atoms with Crippen molar-refractivity contribution in [1.29, 1.82) is 0 Å². The summed E-state index contributed by atoms with van der Waals surface area (Å²) in [6.45, 7) is 0.687. The lowest BCUT2D eigenvalue weighted by Gasteiger charge is -2.45. The quantitative estimate of drug-likeness (QED) is 0.664. The van der Waals surface area contributed by atoms with Gasteiger partial charge in [0.1, 0.15) is 5.69 Å². The molecule has 1 aliphatic heterocycles. The summed E-state index contributed by atoms with van der Waals surface area (Å²) < 4.78 is 0. The van der Waals surface area contributed by atoms with Crippen molar-refractivity contribution < 1.29 is 9.59 Å². The topological polar surface area (TPSA) is 74.0 Å². The fourth-order valence-electron chi connectivity index (χ4n) is 4.24. The van der Waals surface area contributed by atoms with Gasteiger partial charge in [0.15, 0.2) is 0 Å². The number of anilines is 1. The van der Waals surface area contributed by atoms with Crippen molar-refractivity contribution in [2.24, 2.45) is 0 Å². The monoisotopic (exact) mass is 345 g/mol. The van der Waals surface area contributed by atoms with Gasteiger partial charge in [-0.3, -0.25) is 9.59 Å². The molecule has 1 aliphatic carbocycles. The van der Waals surface area contributed by atoms with Gasteiger partial charge in [-0.1, -0.05) is 24.6 Å². The molecule has 5 heteroatoms. The second-order valence-corrected chi connectivity index (χ2v) is 7.27. The van der Waals surface area contributed by atoms with Crippen molar-refractivity contribution in [3.63, 3.8) is 0 Å². The Kier molecular flexibility index (Phi) is 3.19. The number of rotatable bonds is 2. The summed E-state index contributed by atoms with van der Waals surface area (Å²) in [6.07, 6.45) is 3.33. The van der Waals surface area contributed by atoms with Crippen LogP contribution in [0.1, 0.15) is 45.7 Å². The van der Waals surface area contributed by atoms with E-state index in [0.717, 1.165) is 35.0 Å². The number of carbonyl (C=O) groups is 2. The molecule has 5 nitrogen and oxygen atoms in total. The molecule has 0 atom stereocenters. The standard InChI is InChI=1S/C21H19N3O2/c25-19(23-14-5-2-1-3-6-14)13-7-8-16-15(11-13)17-18(24-16)20(26)22-12-21(17)9-4-10-21/h1-3,5-8,11,24H,4,9-10,12H2,(H,22,26)(H,23,25). The first-order valence-corrected chi connectivity index (χ1v) is 8.97. The summed E-state index contributed by atoms with van der Waals surface area (Å²) in [5, 5.41) is 6.93. The fourth-order valence-corrected chi connectivity index (χ4v) is 4.24. The molecule has 130 valence electrons. The smallest absolute Gasteiger partial charge is 0.268 e. The summed E-state index contributed by atoms with van der Waals surface area (Å²) in [6, 6.07) is 15.0. The van der Waals surface area contributed by atoms with Crippen molar-refractivity contribution in [2.75, 3.05) is 11.9 Å². The Morgan fingerprint density at radius 3 is 2.62 bits per heavy atom. The SMILES string of the molecule is O=C(Nc1ccccc1)c1ccc2[nH]c3c(c2c1)C1(CCC1)CNC3=O. The van der Waals surface area contributed by atoms with E-state index in [2.05, 4.69) is 15.6 Å². The van der Waals surface area contributed by atoms with Gasteiger partial charge in [-0.2, -0.15) is 0 Å². The molecule has 0 bridgehead atoms. The Morgan fingerprint density at radius 1 is 1.08 bits per heavy atom. The number of hydrogen-bond donors (Lipinski definition) is 3. The molecule has 2 amide bonds. The molecule has 1 fully saturated rings. The molecule has 1 saturated carbocycles. The Morgan fingerprint density at radius 2 is 1.88 bits per heavy atom. The zero-order chi connectivity index (χ0) is 17.7. The van der Waals surface area contributed by atoms with Gasteiger partial charge >= 0.3 is 0 Å². The first kappa shape index (κ1) is 15.2. The first-order chi connectivity index (χ1) is 12.7. The molecule has 3 aromatic rings. The molecule has 5 rings (SSSR count). The van der Waals surface area contributed by atoms with Crippen molar-refractivity contribution in [2.45, 2.75) is 24.7 Å². The average Bonchev–Trinajstić information content (AvgIpc) is 3.02. The van der Waals surface area contributed by atoms with Crippen LogP contribution in [0.5, 0.6) is 0 Å². The molecule has 0 radical (unpaired) electrons. The van der Waals surface area contributed by atoms with Crippen LogP contribution in [0.3, 0.4) is 0 Å². The Hall–Kier alpha value is -3.08. The largest absolute Gasteiger partial charge is 0.350 e. The van der Waals surface area contributed by atoms with Crippen LogP contribution in [0.4, 0.5) is 5.69 Å². The van der Waals surface area contributed by atoms with E-state index >= 15 is 0 Å². The molecule has 2 heterocycles. The number of aromatic amines is 1. The van der Waals surface area contributed by atoms with Crippen molar-refractivity contribution in [3.05, 3.63) is 65.4 Å². The number of fused-ring (bicyclic) bond motifs is 4. The second-order valence-electron chi connectivity index (χ2n) is 7.27. The zero-order valence-electron chi connectivity index (χ0n) is 14.3. The first-order valence-electron chi connectivity index (χ1n) is 8.97. The van der Waals surface area contributed by atoms with Gasteiger partial charge in [0.2, 0.25) is 0 Å². The predicted octanol–water partition coefficient (Wildman–Crippen LogP) is 3.59. The predicted molar refractivity (Wildman–Crippen MR) is 101 cm³/mol. The molecule has 26 heavy (non-hydrogen) atoms. The van der Waals surface area contributed by atoms with Gasteiger partial charge in [-0.25, -0.2) is 0 Å². The van der Waals surface area contributed by atoms with Crippen LogP contribution in [-0.2, 0) is 5.41 Å². The van der Waals surface area contributed by atoms with Crippen LogP contribution in [0, 0.1) is 0 Å². The third kappa shape index (κ3) is 2.17. The minimum absolute atomic E-state index is 0.0238. The number of carbonyl (C=O) groups excluding carboxylic acids is 2. The maximum atomic E-state index is 12.7. The van der Waals surface area contributed by atoms with Crippen LogP contribution in [-0.4, -0.2) is 23.3 Å². The highest BCUT2D eigenvalue weighted by Crippen LogP contribution is 2.49. The lowest BCUT2D eigenvalue weighted by atomic mass is 9.62. The number of benzene rings is 2. The fraction of sp³-hybridized carbons (Fsp3) is 0.238. The summed E-state index contributed by atoms with van der Waals surface area (Å²) in [5.41, 5.74) is 4.06. The van der Waals surface area contributed by atoms with Gasteiger partial charge in [0, 0.05) is 34.1 Å². The third-order valence-corrected chi connectivity index (χ3v) is 5.75. The Balaban J connectivity index is 1.58. The molecule has 3 N–H and O–H groups in total. The van der Waals surface area contributed by atoms with Gasteiger partial charge in [0.25, 0.3) is 11.8 Å². The average molecular weight is 345 g/mol. The Labute approximate surface area is 150 Å². The van der Waals surface area contributed by atoms with E-state index in [9.17, 15) is 9.59 Å². The summed E-state index contributed by atoms with van der Waals surface area (Å²) >= 11 is 0. The maximum absolute atomic E-state index is 12.7. The summed E-state index contributed by atoms with van der Waals surface area (Å²) in [4.78, 5) is 28.2. The van der Waals surface area contributed by atoms with Crippen LogP contribution in [0.25, 0.3) is 10.9 Å². The molecule has 0 unspecified atom stereocenters. The van der Waals surface area contributed by atoms with E-state index in [4.69, 9.17) is 0 Å². The molecule has 1 aromatic heterocycles. The van der Waals surface area contributed by atoms with Crippen LogP contribution in [0.2, 0.25) is 0 Å². The van der Waals surface area contributed by atoms with Crippen LogP contribution in [0.15, 0.2) is 48.5 Å². The van der Waals surface area contributed by atoms with E-state index in [0.29, 0.717) is 17.8 Å². The third-order valence-electron chi connectivity index (χ3n) is 5.75. The van der Waals surface area contributed by atoms with Gasteiger partial charge in [-0.15, -0.1) is 0 Å². The van der Waals surface area contributed by atoms with Gasteiger partial charge in [0.05, 0.1) is 0 Å². The molecule has 2 aromatic carbocycles. The highest BCUT2D eigenvalue weighted by molar-refractivity contribution is 6.09. The molecular weight excluding hydrogens is 326 g/mol. The molecule has 1 spiro atoms. The van der Waals surface area contributed by atoms with E-state index in [1.165, 1.54) is 6.42 Å². The number of para-hydroxylation sites is 1. The van der Waals surface area contributed by atoms with Gasteiger partial charge in [-0.05, 0) is 48.7 Å². The van der Waals surface area contributed by atoms with Crippen LogP contribution < -0.4 is 10.6 Å². The zero-order valence-corrected chi connectivity index (χ0v) is 14.3. The number of nitrogens with one attached hydrogen (secondary N) is 3. The summed E-state index contributed by atoms with van der Waals surface area (Å²) in [7, 11) is 0. The van der Waals surface area contributed by atoms with E-state index in [1.54, 1.807) is 6.07 Å². The van der Waals surface area contributed by atoms with Crippen molar-refractivity contribution in [1.82, 2.24) is 10.3 Å². The molecule has 2 aliphatic rings. The number of H-pyrrole nitrogens is 1. The van der Waals surface area contributed by atoms with E-state index in [-0.39, 0.29) is 17.2 Å². The molecule has 0 saturated heterocycles. The minimum atomic E-state index is -0.143. The lowest BCUT2D eigenvalue weighted by molar-refractivity contribution is 0.0892. The Bertz CT molecular complexity index is 1030.